The minimum absolute atomic E-state index is 0.173. The SMILES string of the molecule is CC(C)C[C@H](NC(=O)OC(C)(C)C)C1(NCC(=O)O)COC1. The number of carbonyl (C=O) groups excluding carboxylic acids is 1. The summed E-state index contributed by atoms with van der Waals surface area (Å²) in [4.78, 5) is 22.9. The number of alkyl carbamates (subject to hydrolysis) is 1. The molecule has 3 N–H and O–H groups in total. The summed E-state index contributed by atoms with van der Waals surface area (Å²) in [6, 6.07) is -0.254. The number of amides is 1. The first-order chi connectivity index (χ1) is 10.0. The molecule has 1 atom stereocenters. The van der Waals surface area contributed by atoms with Gasteiger partial charge in [0.05, 0.1) is 31.3 Å². The Morgan fingerprint density at radius 1 is 1.32 bits per heavy atom. The quantitative estimate of drug-likeness (QED) is 0.656. The molecule has 0 aromatic carbocycles. The van der Waals surface area contributed by atoms with E-state index in [0.717, 1.165) is 0 Å². The Hall–Kier alpha value is -1.34. The van der Waals surface area contributed by atoms with Crippen LogP contribution < -0.4 is 10.6 Å². The fourth-order valence-corrected chi connectivity index (χ4v) is 2.34. The standard InChI is InChI=1S/C15H28N2O5/c1-10(2)6-11(17-13(20)22-14(3,4)5)15(8-21-9-15)16-7-12(18)19/h10-11,16H,6-9H2,1-5H3,(H,17,20)(H,18,19)/t11-/m0/s1. The van der Waals surface area contributed by atoms with Crippen molar-refractivity contribution < 1.29 is 24.2 Å². The average molecular weight is 316 g/mol. The molecule has 1 fully saturated rings. The third-order valence-electron chi connectivity index (χ3n) is 3.38. The number of hydrogen-bond acceptors (Lipinski definition) is 5. The van der Waals surface area contributed by atoms with Crippen molar-refractivity contribution in [3.8, 4) is 0 Å². The van der Waals surface area contributed by atoms with Crippen molar-refractivity contribution in [3.63, 3.8) is 0 Å². The molecular formula is C15H28N2O5. The molecule has 128 valence electrons. The van der Waals surface area contributed by atoms with Gasteiger partial charge in [-0.25, -0.2) is 4.79 Å². The van der Waals surface area contributed by atoms with Gasteiger partial charge in [0, 0.05) is 0 Å². The Labute approximate surface area is 131 Å². The normalized spacial score (nSPS) is 18.5. The highest BCUT2D eigenvalue weighted by Gasteiger charge is 2.47. The van der Waals surface area contributed by atoms with Crippen LogP contribution in [0.2, 0.25) is 0 Å². The van der Waals surface area contributed by atoms with E-state index in [-0.39, 0.29) is 12.6 Å². The summed E-state index contributed by atoms with van der Waals surface area (Å²) >= 11 is 0. The lowest BCUT2D eigenvalue weighted by Gasteiger charge is -2.48. The lowest BCUT2D eigenvalue weighted by atomic mass is 9.83. The zero-order valence-electron chi connectivity index (χ0n) is 14.1. The lowest BCUT2D eigenvalue weighted by Crippen LogP contribution is -2.72. The molecule has 0 unspecified atom stereocenters. The minimum Gasteiger partial charge on any atom is -0.480 e. The second-order valence-electron chi connectivity index (χ2n) is 7.22. The van der Waals surface area contributed by atoms with Crippen LogP contribution in [0.1, 0.15) is 41.0 Å². The summed E-state index contributed by atoms with van der Waals surface area (Å²) in [5, 5.41) is 14.8. The fourth-order valence-electron chi connectivity index (χ4n) is 2.34. The van der Waals surface area contributed by atoms with Gasteiger partial charge < -0.3 is 19.9 Å². The molecule has 0 aromatic heterocycles. The molecule has 22 heavy (non-hydrogen) atoms. The zero-order valence-corrected chi connectivity index (χ0v) is 14.1. The van der Waals surface area contributed by atoms with Crippen LogP contribution in [-0.4, -0.2) is 54.1 Å². The molecule has 0 radical (unpaired) electrons. The molecule has 7 heteroatoms. The number of carboxylic acids is 1. The summed E-state index contributed by atoms with van der Waals surface area (Å²) in [6.45, 7) is 10.1. The highest BCUT2D eigenvalue weighted by atomic mass is 16.6. The van der Waals surface area contributed by atoms with Crippen molar-refractivity contribution in [2.45, 2.75) is 58.2 Å². The van der Waals surface area contributed by atoms with Crippen LogP contribution in [0, 0.1) is 5.92 Å². The van der Waals surface area contributed by atoms with Gasteiger partial charge in [-0.15, -0.1) is 0 Å². The number of ether oxygens (including phenoxy) is 2. The van der Waals surface area contributed by atoms with E-state index in [4.69, 9.17) is 14.6 Å². The van der Waals surface area contributed by atoms with Crippen molar-refractivity contribution in [1.29, 1.82) is 0 Å². The molecule has 1 aliphatic rings. The van der Waals surface area contributed by atoms with Crippen LogP contribution >= 0.6 is 0 Å². The summed E-state index contributed by atoms with van der Waals surface area (Å²) in [7, 11) is 0. The summed E-state index contributed by atoms with van der Waals surface area (Å²) in [6.07, 6.45) is 0.205. The molecule has 1 aliphatic heterocycles. The molecule has 1 saturated heterocycles. The molecule has 1 rings (SSSR count). The summed E-state index contributed by atoms with van der Waals surface area (Å²) < 4.78 is 10.6. The van der Waals surface area contributed by atoms with E-state index in [9.17, 15) is 9.59 Å². The molecule has 0 aromatic rings. The first-order valence-electron chi connectivity index (χ1n) is 7.58. The highest BCUT2D eigenvalue weighted by Crippen LogP contribution is 2.26. The fraction of sp³-hybridized carbons (Fsp3) is 0.867. The molecule has 1 amide bonds. The monoisotopic (exact) mass is 316 g/mol. The van der Waals surface area contributed by atoms with Gasteiger partial charge in [-0.2, -0.15) is 0 Å². The maximum Gasteiger partial charge on any atom is 0.407 e. The molecular weight excluding hydrogens is 288 g/mol. The smallest absolute Gasteiger partial charge is 0.407 e. The van der Waals surface area contributed by atoms with E-state index >= 15 is 0 Å². The minimum atomic E-state index is -0.938. The van der Waals surface area contributed by atoms with Crippen molar-refractivity contribution in [1.82, 2.24) is 10.6 Å². The number of hydrogen-bond donors (Lipinski definition) is 3. The van der Waals surface area contributed by atoms with Crippen LogP contribution in [0.5, 0.6) is 0 Å². The van der Waals surface area contributed by atoms with E-state index in [0.29, 0.717) is 25.6 Å². The van der Waals surface area contributed by atoms with Crippen molar-refractivity contribution in [3.05, 3.63) is 0 Å². The van der Waals surface area contributed by atoms with Crippen molar-refractivity contribution in [2.75, 3.05) is 19.8 Å². The number of carboxylic acid groups (broad SMARTS) is 1. The van der Waals surface area contributed by atoms with Gasteiger partial charge in [0.1, 0.15) is 5.60 Å². The molecule has 0 saturated carbocycles. The lowest BCUT2D eigenvalue weighted by molar-refractivity contribution is -0.139. The number of rotatable bonds is 7. The second-order valence-corrected chi connectivity index (χ2v) is 7.22. The first kappa shape index (κ1) is 18.7. The third-order valence-corrected chi connectivity index (χ3v) is 3.38. The molecule has 0 bridgehead atoms. The second kappa shape index (κ2) is 7.28. The predicted octanol–water partition coefficient (Wildman–Crippen LogP) is 1.37. The van der Waals surface area contributed by atoms with Gasteiger partial charge in [-0.05, 0) is 33.1 Å². The number of aliphatic carboxylic acids is 1. The van der Waals surface area contributed by atoms with Gasteiger partial charge in [0.2, 0.25) is 0 Å². The predicted molar refractivity (Wildman–Crippen MR) is 81.8 cm³/mol. The van der Waals surface area contributed by atoms with E-state index in [2.05, 4.69) is 10.6 Å². The van der Waals surface area contributed by atoms with Gasteiger partial charge in [0.25, 0.3) is 0 Å². The van der Waals surface area contributed by atoms with Crippen LogP contribution in [0.4, 0.5) is 4.79 Å². The number of carbonyl (C=O) groups is 2. The van der Waals surface area contributed by atoms with Crippen molar-refractivity contribution in [2.24, 2.45) is 5.92 Å². The van der Waals surface area contributed by atoms with Gasteiger partial charge in [0.15, 0.2) is 0 Å². The number of nitrogens with one attached hydrogen (secondary N) is 2. The molecule has 0 spiro atoms. The Balaban J connectivity index is 2.77. The van der Waals surface area contributed by atoms with E-state index in [1.165, 1.54) is 0 Å². The van der Waals surface area contributed by atoms with Crippen LogP contribution in [0.3, 0.4) is 0 Å². The van der Waals surface area contributed by atoms with Gasteiger partial charge in [-0.1, -0.05) is 13.8 Å². The Morgan fingerprint density at radius 3 is 2.27 bits per heavy atom. The average Bonchev–Trinajstić information content (AvgIpc) is 2.22. The topological polar surface area (TPSA) is 96.9 Å². The van der Waals surface area contributed by atoms with Crippen LogP contribution in [0.15, 0.2) is 0 Å². The maximum atomic E-state index is 12.1. The van der Waals surface area contributed by atoms with E-state index in [1.54, 1.807) is 20.8 Å². The van der Waals surface area contributed by atoms with E-state index in [1.807, 2.05) is 13.8 Å². The molecule has 1 heterocycles. The molecule has 7 nitrogen and oxygen atoms in total. The van der Waals surface area contributed by atoms with Crippen LogP contribution in [0.25, 0.3) is 0 Å². The first-order valence-corrected chi connectivity index (χ1v) is 7.58. The highest BCUT2D eigenvalue weighted by molar-refractivity contribution is 5.70. The third kappa shape index (κ3) is 5.81. The van der Waals surface area contributed by atoms with Crippen LogP contribution in [-0.2, 0) is 14.3 Å². The summed E-state index contributed by atoms with van der Waals surface area (Å²) in [5.41, 5.74) is -1.14. The summed E-state index contributed by atoms with van der Waals surface area (Å²) in [5.74, 6) is -0.601. The Morgan fingerprint density at radius 2 is 1.91 bits per heavy atom. The maximum absolute atomic E-state index is 12.1. The Kier molecular flexibility index (Phi) is 6.19. The van der Waals surface area contributed by atoms with E-state index < -0.39 is 23.2 Å². The van der Waals surface area contributed by atoms with Gasteiger partial charge in [-0.3, -0.25) is 10.1 Å². The van der Waals surface area contributed by atoms with Gasteiger partial charge >= 0.3 is 12.1 Å². The van der Waals surface area contributed by atoms with Crippen molar-refractivity contribution >= 4 is 12.1 Å². The zero-order chi connectivity index (χ0) is 17.0. The largest absolute Gasteiger partial charge is 0.480 e. The Bertz CT molecular complexity index is 399. The molecule has 0 aliphatic carbocycles.